The van der Waals surface area contributed by atoms with Crippen molar-refractivity contribution in [3.05, 3.63) is 35.9 Å². The highest BCUT2D eigenvalue weighted by atomic mass is 35.5. The van der Waals surface area contributed by atoms with E-state index in [2.05, 4.69) is 11.8 Å². The predicted octanol–water partition coefficient (Wildman–Crippen LogP) is 4.46. The highest BCUT2D eigenvalue weighted by Gasteiger charge is 2.30. The number of nitrogens with one attached hydrogen (secondary N) is 1. The van der Waals surface area contributed by atoms with Crippen molar-refractivity contribution in [3.8, 4) is 0 Å². The van der Waals surface area contributed by atoms with Gasteiger partial charge in [-0.3, -0.25) is 5.41 Å². The van der Waals surface area contributed by atoms with Gasteiger partial charge in [0.15, 0.2) is 5.17 Å². The number of hydrogen-bond donors (Lipinski definition) is 2. The maximum atomic E-state index is 10.4. The topological polar surface area (TPSA) is 47.3 Å². The second kappa shape index (κ2) is 10.1. The molecule has 0 saturated carbocycles. The molecular formula is C17H27ClN2OS. The van der Waals surface area contributed by atoms with Crippen LogP contribution in [0.4, 0.5) is 0 Å². The highest BCUT2D eigenvalue weighted by molar-refractivity contribution is 8.14. The zero-order chi connectivity index (χ0) is 15.1. The van der Waals surface area contributed by atoms with E-state index in [1.165, 1.54) is 25.7 Å². The lowest BCUT2D eigenvalue weighted by Crippen LogP contribution is -2.37. The number of nitrogens with zero attached hydrogens (tertiary/aromatic N) is 1. The van der Waals surface area contributed by atoms with Crippen molar-refractivity contribution in [1.82, 2.24) is 4.90 Å². The van der Waals surface area contributed by atoms with E-state index in [-0.39, 0.29) is 12.4 Å². The SMILES string of the molecule is CCCCCCC1CSC(=N)N1CC(O)c1ccccc1.Cl. The maximum Gasteiger partial charge on any atom is 0.156 e. The lowest BCUT2D eigenvalue weighted by molar-refractivity contribution is 0.132. The Kier molecular flexibility index (Phi) is 8.91. The van der Waals surface area contributed by atoms with E-state index in [0.717, 1.165) is 17.7 Å². The van der Waals surface area contributed by atoms with Crippen LogP contribution in [0.15, 0.2) is 30.3 Å². The molecule has 0 aliphatic carbocycles. The summed E-state index contributed by atoms with van der Waals surface area (Å²) in [5.74, 6) is 0.993. The van der Waals surface area contributed by atoms with Crippen LogP contribution in [-0.4, -0.2) is 33.5 Å². The zero-order valence-electron chi connectivity index (χ0n) is 13.2. The third-order valence-electron chi connectivity index (χ3n) is 4.06. The fourth-order valence-electron chi connectivity index (χ4n) is 2.76. The van der Waals surface area contributed by atoms with E-state index in [1.807, 2.05) is 30.3 Å². The fourth-order valence-corrected chi connectivity index (χ4v) is 3.84. The second-order valence-electron chi connectivity index (χ2n) is 5.70. The Hall–Kier alpha value is -0.710. The molecule has 5 heteroatoms. The summed E-state index contributed by atoms with van der Waals surface area (Å²) in [6.45, 7) is 2.76. The number of hydrogen-bond acceptors (Lipinski definition) is 3. The Morgan fingerprint density at radius 1 is 1.27 bits per heavy atom. The number of thioether (sulfide) groups is 1. The lowest BCUT2D eigenvalue weighted by atomic mass is 10.1. The Morgan fingerprint density at radius 3 is 2.68 bits per heavy atom. The average molecular weight is 343 g/mol. The molecule has 1 heterocycles. The Balaban J connectivity index is 0.00000242. The number of aliphatic hydroxyl groups excluding tert-OH is 1. The number of β-amino-alcohol motifs (C(OH)–C–C–N with tert-alkyl or cyclic N) is 1. The van der Waals surface area contributed by atoms with Gasteiger partial charge in [0.2, 0.25) is 0 Å². The number of amidine groups is 1. The monoisotopic (exact) mass is 342 g/mol. The van der Waals surface area contributed by atoms with Crippen LogP contribution in [0.3, 0.4) is 0 Å². The van der Waals surface area contributed by atoms with Crippen molar-refractivity contribution in [1.29, 1.82) is 5.41 Å². The molecule has 0 spiro atoms. The summed E-state index contributed by atoms with van der Waals surface area (Å²) in [5.41, 5.74) is 0.937. The quantitative estimate of drug-likeness (QED) is 0.685. The summed E-state index contributed by atoms with van der Waals surface area (Å²) in [6, 6.07) is 10.2. The van der Waals surface area contributed by atoms with Crippen LogP contribution in [-0.2, 0) is 0 Å². The van der Waals surface area contributed by atoms with E-state index >= 15 is 0 Å². The van der Waals surface area contributed by atoms with Crippen LogP contribution in [0, 0.1) is 5.41 Å². The van der Waals surface area contributed by atoms with Gasteiger partial charge in [0, 0.05) is 11.8 Å². The van der Waals surface area contributed by atoms with Crippen LogP contribution in [0.5, 0.6) is 0 Å². The standard InChI is InChI=1S/C17H26N2OS.ClH/c1-2-3-4-8-11-15-13-21-17(18)19(15)12-16(20)14-9-6-5-7-10-14;/h5-7,9-10,15-16,18,20H,2-4,8,11-13H2,1H3;1H. The zero-order valence-corrected chi connectivity index (χ0v) is 14.8. The number of halogens is 1. The molecule has 1 aliphatic heterocycles. The summed E-state index contributed by atoms with van der Waals surface area (Å²) < 4.78 is 0. The van der Waals surface area contributed by atoms with E-state index in [4.69, 9.17) is 5.41 Å². The van der Waals surface area contributed by atoms with Gasteiger partial charge in [-0.15, -0.1) is 12.4 Å². The molecular weight excluding hydrogens is 316 g/mol. The number of rotatable bonds is 8. The van der Waals surface area contributed by atoms with Gasteiger partial charge in [-0.25, -0.2) is 0 Å². The summed E-state index contributed by atoms with van der Waals surface area (Å²) in [5, 5.41) is 19.1. The largest absolute Gasteiger partial charge is 0.387 e. The van der Waals surface area contributed by atoms with Crippen molar-refractivity contribution >= 4 is 29.3 Å². The number of unbranched alkanes of at least 4 members (excludes halogenated alkanes) is 3. The third kappa shape index (κ3) is 5.49. The Bertz CT molecular complexity index is 444. The van der Waals surface area contributed by atoms with E-state index < -0.39 is 6.10 Å². The first-order valence-corrected chi connectivity index (χ1v) is 8.92. The van der Waals surface area contributed by atoms with E-state index in [0.29, 0.717) is 17.8 Å². The van der Waals surface area contributed by atoms with Gasteiger partial charge in [0.1, 0.15) is 0 Å². The number of benzene rings is 1. The van der Waals surface area contributed by atoms with E-state index in [9.17, 15) is 5.11 Å². The predicted molar refractivity (Wildman–Crippen MR) is 98.1 cm³/mol. The minimum absolute atomic E-state index is 0. The first-order valence-electron chi connectivity index (χ1n) is 7.93. The molecule has 2 unspecified atom stereocenters. The molecule has 0 bridgehead atoms. The molecule has 1 saturated heterocycles. The molecule has 3 nitrogen and oxygen atoms in total. The Labute approximate surface area is 144 Å². The summed E-state index contributed by atoms with van der Waals surface area (Å²) in [7, 11) is 0. The van der Waals surface area contributed by atoms with Gasteiger partial charge < -0.3 is 10.0 Å². The first kappa shape index (κ1) is 19.3. The normalized spacial score (nSPS) is 19.1. The average Bonchev–Trinajstić information content (AvgIpc) is 2.85. The van der Waals surface area contributed by atoms with Gasteiger partial charge in [0.05, 0.1) is 12.6 Å². The summed E-state index contributed by atoms with van der Waals surface area (Å²) >= 11 is 1.61. The van der Waals surface area contributed by atoms with Gasteiger partial charge >= 0.3 is 0 Å². The molecule has 0 aromatic heterocycles. The molecule has 1 aliphatic rings. The molecule has 2 rings (SSSR count). The van der Waals surface area contributed by atoms with Gasteiger partial charge in [-0.2, -0.15) is 0 Å². The smallest absolute Gasteiger partial charge is 0.156 e. The lowest BCUT2D eigenvalue weighted by Gasteiger charge is -2.28. The first-order chi connectivity index (χ1) is 10.2. The van der Waals surface area contributed by atoms with Gasteiger partial charge in [0.25, 0.3) is 0 Å². The molecule has 1 aromatic rings. The molecule has 124 valence electrons. The number of aliphatic hydroxyl groups is 1. The summed E-state index contributed by atoms with van der Waals surface area (Å²) in [4.78, 5) is 2.09. The van der Waals surface area contributed by atoms with Gasteiger partial charge in [-0.05, 0) is 12.0 Å². The third-order valence-corrected chi connectivity index (χ3v) is 5.12. The molecule has 0 radical (unpaired) electrons. The van der Waals surface area contributed by atoms with Crippen molar-refractivity contribution in [3.63, 3.8) is 0 Å². The Morgan fingerprint density at radius 2 is 2.00 bits per heavy atom. The van der Waals surface area contributed by atoms with Crippen molar-refractivity contribution in [2.75, 3.05) is 12.3 Å². The molecule has 22 heavy (non-hydrogen) atoms. The van der Waals surface area contributed by atoms with Crippen LogP contribution in [0.2, 0.25) is 0 Å². The van der Waals surface area contributed by atoms with E-state index in [1.54, 1.807) is 11.8 Å². The molecule has 1 fully saturated rings. The molecule has 1 aromatic carbocycles. The van der Waals surface area contributed by atoms with Crippen LogP contribution >= 0.6 is 24.2 Å². The fraction of sp³-hybridized carbons (Fsp3) is 0.588. The molecule has 2 N–H and O–H groups in total. The van der Waals surface area contributed by atoms with Crippen molar-refractivity contribution in [2.45, 2.75) is 51.2 Å². The van der Waals surface area contributed by atoms with Crippen LogP contribution in [0.1, 0.15) is 50.7 Å². The molecule has 0 amide bonds. The highest BCUT2D eigenvalue weighted by Crippen LogP contribution is 2.29. The van der Waals surface area contributed by atoms with Crippen LogP contribution < -0.4 is 0 Å². The second-order valence-corrected chi connectivity index (χ2v) is 6.71. The van der Waals surface area contributed by atoms with Gasteiger partial charge in [-0.1, -0.05) is 74.7 Å². The van der Waals surface area contributed by atoms with Crippen LogP contribution in [0.25, 0.3) is 0 Å². The summed E-state index contributed by atoms with van der Waals surface area (Å²) in [6.07, 6.45) is 5.68. The minimum Gasteiger partial charge on any atom is -0.387 e. The minimum atomic E-state index is -0.511. The van der Waals surface area contributed by atoms with Crippen molar-refractivity contribution in [2.24, 2.45) is 0 Å². The van der Waals surface area contributed by atoms with Crippen molar-refractivity contribution < 1.29 is 5.11 Å². The molecule has 2 atom stereocenters. The maximum absolute atomic E-state index is 10.4.